The number of carbonyl (C=O) groups excluding carboxylic acids is 1. The van der Waals surface area contributed by atoms with Crippen molar-refractivity contribution in [2.75, 3.05) is 13.1 Å². The van der Waals surface area contributed by atoms with E-state index in [0.717, 1.165) is 16.8 Å². The number of thiazole rings is 1. The van der Waals surface area contributed by atoms with Crippen LogP contribution in [-0.2, 0) is 10.9 Å². The van der Waals surface area contributed by atoms with E-state index in [9.17, 15) is 18.0 Å². The molecule has 1 aromatic rings. The van der Waals surface area contributed by atoms with E-state index in [2.05, 4.69) is 4.98 Å². The minimum absolute atomic E-state index is 0.185. The second-order valence-corrected chi connectivity index (χ2v) is 5.35. The van der Waals surface area contributed by atoms with Crippen molar-refractivity contribution < 1.29 is 22.7 Å². The van der Waals surface area contributed by atoms with Crippen molar-refractivity contribution in [1.29, 1.82) is 0 Å². The highest BCUT2D eigenvalue weighted by Crippen LogP contribution is 2.33. The molecule has 1 aliphatic rings. The molecule has 1 aliphatic heterocycles. The van der Waals surface area contributed by atoms with E-state index >= 15 is 0 Å². The van der Waals surface area contributed by atoms with Crippen LogP contribution in [0.25, 0.3) is 0 Å². The van der Waals surface area contributed by atoms with Crippen molar-refractivity contribution >= 4 is 17.2 Å². The lowest BCUT2D eigenvalue weighted by atomic mass is 10.2. The largest absolute Gasteiger partial charge is 0.434 e. The molecule has 2 heterocycles. The number of carbonyl (C=O) groups is 1. The van der Waals surface area contributed by atoms with Gasteiger partial charge < -0.3 is 9.64 Å². The third kappa shape index (κ3) is 3.06. The molecule has 2 rings (SSSR count). The highest BCUT2D eigenvalue weighted by molar-refractivity contribution is 7.11. The summed E-state index contributed by atoms with van der Waals surface area (Å²) in [5, 5.41) is 0. The Labute approximate surface area is 112 Å². The summed E-state index contributed by atoms with van der Waals surface area (Å²) in [5.74, 6) is -0.628. The van der Waals surface area contributed by atoms with E-state index < -0.39 is 17.8 Å². The molecule has 0 N–H and O–H groups in total. The smallest absolute Gasteiger partial charge is 0.372 e. The van der Waals surface area contributed by atoms with Crippen LogP contribution in [0.2, 0.25) is 0 Å². The van der Waals surface area contributed by atoms with Crippen LogP contribution in [0.15, 0.2) is 5.51 Å². The monoisotopic (exact) mass is 294 g/mol. The summed E-state index contributed by atoms with van der Waals surface area (Å²) in [6.07, 6.45) is -4.97. The van der Waals surface area contributed by atoms with Crippen LogP contribution in [0, 0.1) is 0 Å². The summed E-state index contributed by atoms with van der Waals surface area (Å²) >= 11 is 0.717. The standard InChI is InChI=1S/C11H13F3N2O2S/c1-6-3-16(4-7(2)18-6)10(17)8-9(11(12,13)14)15-5-19-8/h5-7H,3-4H2,1-2H3. The van der Waals surface area contributed by atoms with Crippen molar-refractivity contribution in [3.8, 4) is 0 Å². The molecule has 1 saturated heterocycles. The van der Waals surface area contributed by atoms with E-state index in [-0.39, 0.29) is 17.1 Å². The molecule has 0 saturated carbocycles. The summed E-state index contributed by atoms with van der Waals surface area (Å²) in [5.41, 5.74) is -0.0575. The first kappa shape index (κ1) is 14.3. The zero-order valence-electron chi connectivity index (χ0n) is 10.4. The first-order valence-corrected chi connectivity index (χ1v) is 6.62. The number of nitrogens with zero attached hydrogens (tertiary/aromatic N) is 2. The Kier molecular flexibility index (Phi) is 3.82. The molecule has 2 unspecified atom stereocenters. The van der Waals surface area contributed by atoms with E-state index in [1.54, 1.807) is 13.8 Å². The third-order valence-corrected chi connectivity index (χ3v) is 3.55. The molecule has 1 amide bonds. The highest BCUT2D eigenvalue weighted by Gasteiger charge is 2.40. The number of hydrogen-bond acceptors (Lipinski definition) is 4. The Balaban J connectivity index is 2.23. The highest BCUT2D eigenvalue weighted by atomic mass is 32.1. The molecule has 1 fully saturated rings. The van der Waals surface area contributed by atoms with Gasteiger partial charge in [-0.3, -0.25) is 4.79 Å². The number of alkyl halides is 3. The van der Waals surface area contributed by atoms with Crippen LogP contribution in [0.5, 0.6) is 0 Å². The lowest BCUT2D eigenvalue weighted by Gasteiger charge is -2.35. The number of morpholine rings is 1. The number of amides is 1. The van der Waals surface area contributed by atoms with Gasteiger partial charge in [0.05, 0.1) is 17.7 Å². The predicted molar refractivity (Wildman–Crippen MR) is 63.0 cm³/mol. The van der Waals surface area contributed by atoms with Gasteiger partial charge in [0.1, 0.15) is 4.88 Å². The minimum atomic E-state index is -4.60. The van der Waals surface area contributed by atoms with E-state index in [0.29, 0.717) is 13.1 Å². The summed E-state index contributed by atoms with van der Waals surface area (Å²) in [6, 6.07) is 0. The molecule has 1 aromatic heterocycles. The van der Waals surface area contributed by atoms with Gasteiger partial charge in [-0.15, -0.1) is 11.3 Å². The Morgan fingerprint density at radius 1 is 1.42 bits per heavy atom. The molecule has 0 aromatic carbocycles. The Hall–Kier alpha value is -1.15. The lowest BCUT2D eigenvalue weighted by molar-refractivity contribution is -0.141. The quantitative estimate of drug-likeness (QED) is 0.799. The molecule has 8 heteroatoms. The van der Waals surface area contributed by atoms with Gasteiger partial charge in [-0.25, -0.2) is 4.98 Å². The van der Waals surface area contributed by atoms with Crippen LogP contribution >= 0.6 is 11.3 Å². The summed E-state index contributed by atoms with van der Waals surface area (Å²) in [6.45, 7) is 4.15. The van der Waals surface area contributed by atoms with Gasteiger partial charge in [0.2, 0.25) is 0 Å². The zero-order chi connectivity index (χ0) is 14.2. The van der Waals surface area contributed by atoms with Gasteiger partial charge >= 0.3 is 6.18 Å². The van der Waals surface area contributed by atoms with Crippen molar-refractivity contribution in [3.05, 3.63) is 16.1 Å². The fourth-order valence-corrected chi connectivity index (χ4v) is 2.86. The van der Waals surface area contributed by atoms with Gasteiger partial charge in [0, 0.05) is 13.1 Å². The maximum absolute atomic E-state index is 12.7. The fraction of sp³-hybridized carbons (Fsp3) is 0.636. The van der Waals surface area contributed by atoms with Crippen molar-refractivity contribution in [2.45, 2.75) is 32.2 Å². The van der Waals surface area contributed by atoms with Crippen molar-refractivity contribution in [1.82, 2.24) is 9.88 Å². The van der Waals surface area contributed by atoms with Gasteiger partial charge in [-0.05, 0) is 13.8 Å². The molecule has 106 valence electrons. The molecule has 0 spiro atoms. The first-order valence-electron chi connectivity index (χ1n) is 5.74. The molecule has 0 aliphatic carbocycles. The van der Waals surface area contributed by atoms with E-state index in [4.69, 9.17) is 4.74 Å². The number of aromatic nitrogens is 1. The Morgan fingerprint density at radius 2 is 2.00 bits per heavy atom. The fourth-order valence-electron chi connectivity index (χ4n) is 2.09. The summed E-state index contributed by atoms with van der Waals surface area (Å²) < 4.78 is 43.6. The van der Waals surface area contributed by atoms with Crippen molar-refractivity contribution in [2.24, 2.45) is 0 Å². The SMILES string of the molecule is CC1CN(C(=O)c2scnc2C(F)(F)F)CC(C)O1. The van der Waals surface area contributed by atoms with Crippen LogP contribution < -0.4 is 0 Å². The second kappa shape index (κ2) is 5.09. The second-order valence-electron chi connectivity index (χ2n) is 4.50. The van der Waals surface area contributed by atoms with Gasteiger partial charge in [0.15, 0.2) is 5.69 Å². The van der Waals surface area contributed by atoms with Crippen LogP contribution in [-0.4, -0.2) is 41.1 Å². The lowest BCUT2D eigenvalue weighted by Crippen LogP contribution is -2.48. The number of hydrogen-bond donors (Lipinski definition) is 0. The maximum atomic E-state index is 12.7. The van der Waals surface area contributed by atoms with E-state index in [1.807, 2.05) is 0 Å². The average molecular weight is 294 g/mol. The normalized spacial score (nSPS) is 24.6. The van der Waals surface area contributed by atoms with Crippen LogP contribution in [0.4, 0.5) is 13.2 Å². The van der Waals surface area contributed by atoms with Gasteiger partial charge in [0.25, 0.3) is 5.91 Å². The molecular weight excluding hydrogens is 281 g/mol. The topological polar surface area (TPSA) is 42.4 Å². The minimum Gasteiger partial charge on any atom is -0.372 e. The van der Waals surface area contributed by atoms with Crippen LogP contribution in [0.3, 0.4) is 0 Å². The predicted octanol–water partition coefficient (Wildman–Crippen LogP) is 2.41. The Bertz CT molecular complexity index is 465. The number of ether oxygens (including phenoxy) is 1. The van der Waals surface area contributed by atoms with Crippen molar-refractivity contribution in [3.63, 3.8) is 0 Å². The molecule has 4 nitrogen and oxygen atoms in total. The summed E-state index contributed by atoms with van der Waals surface area (Å²) in [7, 11) is 0. The number of halogens is 3. The van der Waals surface area contributed by atoms with Crippen LogP contribution in [0.1, 0.15) is 29.2 Å². The molecule has 0 bridgehead atoms. The van der Waals surface area contributed by atoms with Gasteiger partial charge in [-0.1, -0.05) is 0 Å². The van der Waals surface area contributed by atoms with Gasteiger partial charge in [-0.2, -0.15) is 13.2 Å². The average Bonchev–Trinajstić information content (AvgIpc) is 2.74. The summed E-state index contributed by atoms with van der Waals surface area (Å²) in [4.78, 5) is 16.5. The third-order valence-electron chi connectivity index (χ3n) is 2.74. The van der Waals surface area contributed by atoms with E-state index in [1.165, 1.54) is 4.90 Å². The number of rotatable bonds is 1. The zero-order valence-corrected chi connectivity index (χ0v) is 11.2. The Morgan fingerprint density at radius 3 is 2.53 bits per heavy atom. The molecular formula is C11H13F3N2O2S. The molecule has 0 radical (unpaired) electrons. The molecule has 2 atom stereocenters. The first-order chi connectivity index (χ1) is 8.79. The molecule has 19 heavy (non-hydrogen) atoms. The maximum Gasteiger partial charge on any atom is 0.434 e.